The first-order valence-electron chi connectivity index (χ1n) is 6.14. The van der Waals surface area contributed by atoms with Crippen molar-refractivity contribution in [2.75, 3.05) is 20.6 Å². The van der Waals surface area contributed by atoms with Crippen molar-refractivity contribution in [2.45, 2.75) is 26.2 Å². The van der Waals surface area contributed by atoms with Crippen LogP contribution in [-0.2, 0) is 16.6 Å². The quantitative estimate of drug-likeness (QED) is 0.767. The zero-order chi connectivity index (χ0) is 13.6. The molecular formula is C13H22N2O2S. The van der Waals surface area contributed by atoms with E-state index in [1.165, 1.54) is 29.5 Å². The molecule has 0 saturated heterocycles. The number of unbranched alkanes of at least 4 members (excludes halogenated alkanes) is 1. The molecule has 1 N–H and O–H groups in total. The van der Waals surface area contributed by atoms with Gasteiger partial charge in [0.2, 0.25) is 0 Å². The molecule has 18 heavy (non-hydrogen) atoms. The summed E-state index contributed by atoms with van der Waals surface area (Å²) < 4.78 is 26.6. The highest BCUT2D eigenvalue weighted by Gasteiger charge is 2.10. The van der Waals surface area contributed by atoms with E-state index in [4.69, 9.17) is 0 Å². The Morgan fingerprint density at radius 3 is 2.28 bits per heavy atom. The molecule has 102 valence electrons. The van der Waals surface area contributed by atoms with Crippen molar-refractivity contribution in [2.24, 2.45) is 0 Å². The average Bonchev–Trinajstić information content (AvgIpc) is 2.31. The SMILES string of the molecule is Cc1ccc(CCCCNS(=O)(=O)N(C)C)cc1. The molecule has 0 spiro atoms. The van der Waals surface area contributed by atoms with Gasteiger partial charge in [-0.2, -0.15) is 12.7 Å². The average molecular weight is 270 g/mol. The van der Waals surface area contributed by atoms with Gasteiger partial charge in [-0.25, -0.2) is 4.72 Å². The minimum Gasteiger partial charge on any atom is -0.202 e. The highest BCUT2D eigenvalue weighted by Crippen LogP contribution is 2.06. The lowest BCUT2D eigenvalue weighted by molar-refractivity contribution is 0.503. The second kappa shape index (κ2) is 6.87. The summed E-state index contributed by atoms with van der Waals surface area (Å²) in [4.78, 5) is 0. The van der Waals surface area contributed by atoms with E-state index in [0.717, 1.165) is 19.3 Å². The summed E-state index contributed by atoms with van der Waals surface area (Å²) in [7, 11) is -0.221. The second-order valence-electron chi connectivity index (χ2n) is 4.62. The summed E-state index contributed by atoms with van der Waals surface area (Å²) in [6, 6.07) is 8.45. The Kier molecular flexibility index (Phi) is 5.78. The molecule has 1 rings (SSSR count). The van der Waals surface area contributed by atoms with Crippen LogP contribution in [0.15, 0.2) is 24.3 Å². The standard InChI is InChI=1S/C13H22N2O2S/c1-12-7-9-13(10-8-12)6-4-5-11-14-18(16,17)15(2)3/h7-10,14H,4-6,11H2,1-3H3. The lowest BCUT2D eigenvalue weighted by atomic mass is 10.1. The smallest absolute Gasteiger partial charge is 0.202 e. The third kappa shape index (κ3) is 5.16. The van der Waals surface area contributed by atoms with E-state index in [9.17, 15) is 8.42 Å². The molecule has 1 aromatic carbocycles. The molecule has 1 aromatic rings. The highest BCUT2D eigenvalue weighted by molar-refractivity contribution is 7.87. The minimum absolute atomic E-state index is 0.492. The van der Waals surface area contributed by atoms with Gasteiger partial charge >= 0.3 is 0 Å². The van der Waals surface area contributed by atoms with E-state index in [1.54, 1.807) is 0 Å². The van der Waals surface area contributed by atoms with Crippen molar-refractivity contribution < 1.29 is 8.42 Å². The molecule has 4 nitrogen and oxygen atoms in total. The van der Waals surface area contributed by atoms with Gasteiger partial charge in [0.15, 0.2) is 0 Å². The van der Waals surface area contributed by atoms with E-state index >= 15 is 0 Å². The molecule has 5 heteroatoms. The lowest BCUT2D eigenvalue weighted by Gasteiger charge is -2.12. The fraction of sp³-hybridized carbons (Fsp3) is 0.538. The van der Waals surface area contributed by atoms with Crippen LogP contribution >= 0.6 is 0 Å². The van der Waals surface area contributed by atoms with Crippen molar-refractivity contribution in [1.82, 2.24) is 9.03 Å². The van der Waals surface area contributed by atoms with Gasteiger partial charge in [0.1, 0.15) is 0 Å². The van der Waals surface area contributed by atoms with Crippen LogP contribution in [0.5, 0.6) is 0 Å². The first-order chi connectivity index (χ1) is 8.42. The lowest BCUT2D eigenvalue weighted by Crippen LogP contribution is -2.36. The van der Waals surface area contributed by atoms with E-state index in [0.29, 0.717) is 6.54 Å². The number of aryl methyl sites for hydroxylation is 2. The summed E-state index contributed by atoms with van der Waals surface area (Å²) >= 11 is 0. The van der Waals surface area contributed by atoms with Gasteiger partial charge in [0.25, 0.3) is 10.2 Å². The molecule has 0 aliphatic heterocycles. The van der Waals surface area contributed by atoms with E-state index in [2.05, 4.69) is 35.9 Å². The van der Waals surface area contributed by atoms with Crippen LogP contribution in [0.4, 0.5) is 0 Å². The predicted molar refractivity (Wildman–Crippen MR) is 74.7 cm³/mol. The van der Waals surface area contributed by atoms with Crippen LogP contribution in [-0.4, -0.2) is 33.4 Å². The van der Waals surface area contributed by atoms with Crippen LogP contribution in [0.1, 0.15) is 24.0 Å². The fourth-order valence-electron chi connectivity index (χ4n) is 1.54. The Hall–Kier alpha value is -0.910. The fourth-order valence-corrected chi connectivity index (χ4v) is 2.20. The Labute approximate surface area is 110 Å². The van der Waals surface area contributed by atoms with Gasteiger partial charge in [-0.1, -0.05) is 29.8 Å². The van der Waals surface area contributed by atoms with Gasteiger partial charge in [0.05, 0.1) is 0 Å². The molecule has 0 amide bonds. The summed E-state index contributed by atoms with van der Waals surface area (Å²) in [5.74, 6) is 0. The number of rotatable bonds is 7. The molecule has 0 atom stereocenters. The van der Waals surface area contributed by atoms with Crippen LogP contribution in [0, 0.1) is 6.92 Å². The first-order valence-corrected chi connectivity index (χ1v) is 7.58. The summed E-state index contributed by atoms with van der Waals surface area (Å²) in [5.41, 5.74) is 2.56. The molecule has 0 radical (unpaired) electrons. The zero-order valence-corrected chi connectivity index (χ0v) is 12.1. The van der Waals surface area contributed by atoms with E-state index in [1.807, 2.05) is 0 Å². The van der Waals surface area contributed by atoms with Crippen LogP contribution < -0.4 is 4.72 Å². The van der Waals surface area contributed by atoms with Gasteiger partial charge in [-0.05, 0) is 31.7 Å². The number of nitrogens with zero attached hydrogens (tertiary/aromatic N) is 1. The molecule has 0 bridgehead atoms. The number of hydrogen-bond donors (Lipinski definition) is 1. The van der Waals surface area contributed by atoms with E-state index in [-0.39, 0.29) is 0 Å². The molecule has 0 unspecified atom stereocenters. The van der Waals surface area contributed by atoms with Gasteiger partial charge < -0.3 is 0 Å². The van der Waals surface area contributed by atoms with Crippen LogP contribution in [0.2, 0.25) is 0 Å². The first kappa shape index (κ1) is 15.1. The molecular weight excluding hydrogens is 248 g/mol. The summed E-state index contributed by atoms with van der Waals surface area (Å²) in [6.45, 7) is 2.56. The maximum Gasteiger partial charge on any atom is 0.278 e. The largest absolute Gasteiger partial charge is 0.278 e. The Morgan fingerprint density at radius 1 is 1.11 bits per heavy atom. The highest BCUT2D eigenvalue weighted by atomic mass is 32.2. The summed E-state index contributed by atoms with van der Waals surface area (Å²) in [6.07, 6.45) is 2.82. The summed E-state index contributed by atoms with van der Waals surface area (Å²) in [5, 5.41) is 0. The Balaban J connectivity index is 2.22. The second-order valence-corrected chi connectivity index (χ2v) is 6.59. The monoisotopic (exact) mass is 270 g/mol. The molecule has 0 aliphatic rings. The van der Waals surface area contributed by atoms with Crippen molar-refractivity contribution in [3.8, 4) is 0 Å². The third-order valence-corrected chi connectivity index (χ3v) is 4.31. The number of benzene rings is 1. The molecule has 0 heterocycles. The predicted octanol–water partition coefficient (Wildman–Crippen LogP) is 1.71. The number of nitrogens with one attached hydrogen (secondary N) is 1. The Morgan fingerprint density at radius 2 is 1.72 bits per heavy atom. The normalized spacial score (nSPS) is 12.0. The minimum atomic E-state index is -3.27. The maximum atomic E-state index is 11.4. The third-order valence-electron chi connectivity index (χ3n) is 2.78. The van der Waals surface area contributed by atoms with E-state index < -0.39 is 10.2 Å². The van der Waals surface area contributed by atoms with Crippen molar-refractivity contribution in [3.63, 3.8) is 0 Å². The number of hydrogen-bond acceptors (Lipinski definition) is 2. The molecule has 0 aromatic heterocycles. The van der Waals surface area contributed by atoms with Gasteiger partial charge in [-0.15, -0.1) is 0 Å². The van der Waals surface area contributed by atoms with Crippen LogP contribution in [0.3, 0.4) is 0 Å². The van der Waals surface area contributed by atoms with Gasteiger partial charge in [-0.3, -0.25) is 0 Å². The van der Waals surface area contributed by atoms with Gasteiger partial charge in [0, 0.05) is 20.6 Å². The van der Waals surface area contributed by atoms with Crippen molar-refractivity contribution in [3.05, 3.63) is 35.4 Å². The zero-order valence-electron chi connectivity index (χ0n) is 11.3. The van der Waals surface area contributed by atoms with Crippen molar-refractivity contribution in [1.29, 1.82) is 0 Å². The van der Waals surface area contributed by atoms with Crippen molar-refractivity contribution >= 4 is 10.2 Å². The maximum absolute atomic E-state index is 11.4. The topological polar surface area (TPSA) is 49.4 Å². The van der Waals surface area contributed by atoms with Crippen LogP contribution in [0.25, 0.3) is 0 Å². The molecule has 0 aliphatic carbocycles. The Bertz CT molecular complexity index is 452. The molecule has 0 fully saturated rings. The molecule has 0 saturated carbocycles.